The molecule has 1 aromatic carbocycles. The lowest BCUT2D eigenvalue weighted by Gasteiger charge is -2.32. The van der Waals surface area contributed by atoms with Crippen LogP contribution in [0.25, 0.3) is 21.3 Å². The van der Waals surface area contributed by atoms with Gasteiger partial charge in [-0.05, 0) is 67.1 Å². The molecule has 0 atom stereocenters. The van der Waals surface area contributed by atoms with Gasteiger partial charge in [0.2, 0.25) is 10.0 Å². The molecule has 11 heteroatoms. The van der Waals surface area contributed by atoms with Crippen LogP contribution in [0.1, 0.15) is 50.8 Å². The molecule has 2 aliphatic rings. The molecule has 2 saturated heterocycles. The Labute approximate surface area is 220 Å². The Morgan fingerprint density at radius 3 is 2.59 bits per heavy atom. The first-order chi connectivity index (χ1) is 17.9. The number of nitrogens with two attached hydrogens (primary N) is 1. The summed E-state index contributed by atoms with van der Waals surface area (Å²) in [6, 6.07) is 7.42. The van der Waals surface area contributed by atoms with Gasteiger partial charge < -0.3 is 15.5 Å². The van der Waals surface area contributed by atoms with Crippen LogP contribution in [0.5, 0.6) is 0 Å². The second kappa shape index (κ2) is 11.0. The molecular weight excluding hydrogens is 512 g/mol. The molecule has 9 nitrogen and oxygen atoms in total. The molecular formula is C26H32N4O5S2. The lowest BCUT2D eigenvalue weighted by molar-refractivity contribution is 0.0380. The average Bonchev–Trinajstić information content (AvgIpc) is 3.56. The number of ether oxygens (including phenoxy) is 1. The maximum Gasteiger partial charge on any atom is 0.250 e. The highest BCUT2D eigenvalue weighted by Gasteiger charge is 2.30. The van der Waals surface area contributed by atoms with Gasteiger partial charge in [0, 0.05) is 42.6 Å². The zero-order valence-electron chi connectivity index (χ0n) is 20.6. The molecule has 2 aromatic heterocycles. The van der Waals surface area contributed by atoms with Gasteiger partial charge in [0.1, 0.15) is 0 Å². The van der Waals surface area contributed by atoms with Gasteiger partial charge in [-0.25, -0.2) is 12.7 Å². The number of primary amides is 1. The maximum atomic E-state index is 13.0. The van der Waals surface area contributed by atoms with Crippen LogP contribution in [0.4, 0.5) is 0 Å². The molecule has 3 N–H and O–H groups in total. The third-order valence-corrected chi connectivity index (χ3v) is 10.4. The zero-order chi connectivity index (χ0) is 26.0. The van der Waals surface area contributed by atoms with Gasteiger partial charge >= 0.3 is 0 Å². The monoisotopic (exact) mass is 544 g/mol. The molecule has 0 unspecified atom stereocenters. The van der Waals surface area contributed by atoms with Crippen LogP contribution < -0.4 is 5.73 Å². The normalized spacial score (nSPS) is 18.4. The van der Waals surface area contributed by atoms with E-state index >= 15 is 0 Å². The number of nitrogens with one attached hydrogen (secondary N) is 1. The molecule has 198 valence electrons. The van der Waals surface area contributed by atoms with Crippen molar-refractivity contribution in [3.05, 3.63) is 46.5 Å². The van der Waals surface area contributed by atoms with E-state index in [1.165, 1.54) is 11.3 Å². The number of hydrogen-bond acceptors (Lipinski definition) is 7. The van der Waals surface area contributed by atoms with Crippen molar-refractivity contribution in [2.75, 3.05) is 51.7 Å². The lowest BCUT2D eigenvalue weighted by Crippen LogP contribution is -2.41. The number of H-pyrrole nitrogens is 1. The number of aldehydes is 1. The summed E-state index contributed by atoms with van der Waals surface area (Å²) in [5, 5.41) is 0.916. The Hall–Kier alpha value is -2.57. The molecule has 0 aliphatic carbocycles. The number of aromatic amines is 1. The van der Waals surface area contributed by atoms with Crippen LogP contribution >= 0.6 is 11.3 Å². The lowest BCUT2D eigenvalue weighted by atomic mass is 9.89. The fourth-order valence-corrected chi connectivity index (χ4v) is 7.70. The Morgan fingerprint density at radius 2 is 1.92 bits per heavy atom. The molecule has 0 bridgehead atoms. The minimum Gasteiger partial charge on any atom is -0.379 e. The average molecular weight is 545 g/mol. The van der Waals surface area contributed by atoms with Gasteiger partial charge in [-0.2, -0.15) is 0 Å². The van der Waals surface area contributed by atoms with Gasteiger partial charge in [0.05, 0.1) is 34.9 Å². The summed E-state index contributed by atoms with van der Waals surface area (Å²) in [5.41, 5.74) is 8.70. The topological polar surface area (TPSA) is 126 Å². The molecule has 0 radical (unpaired) electrons. The summed E-state index contributed by atoms with van der Waals surface area (Å²) >= 11 is 1.36. The van der Waals surface area contributed by atoms with Crippen LogP contribution in [0.15, 0.2) is 30.5 Å². The number of thiophene rings is 1. The number of rotatable bonds is 9. The number of carbonyl (C=O) groups is 2. The fourth-order valence-electron chi connectivity index (χ4n) is 5.37. The van der Waals surface area contributed by atoms with E-state index in [1.54, 1.807) is 16.4 Å². The molecule has 0 spiro atoms. The van der Waals surface area contributed by atoms with Crippen molar-refractivity contribution >= 4 is 44.5 Å². The second-order valence-corrected chi connectivity index (χ2v) is 12.9. The zero-order valence-corrected chi connectivity index (χ0v) is 22.3. The Kier molecular flexibility index (Phi) is 7.77. The number of nitrogens with zero attached hydrogens (tertiary/aromatic N) is 2. The number of benzene rings is 1. The first-order valence-electron chi connectivity index (χ1n) is 12.6. The summed E-state index contributed by atoms with van der Waals surface area (Å²) in [7, 11) is -3.30. The maximum absolute atomic E-state index is 13.0. The summed E-state index contributed by atoms with van der Waals surface area (Å²) in [4.78, 5) is 30.4. The summed E-state index contributed by atoms with van der Waals surface area (Å²) in [6.07, 6.45) is 4.77. The first-order valence-corrected chi connectivity index (χ1v) is 15.1. The number of aromatic nitrogens is 1. The summed E-state index contributed by atoms with van der Waals surface area (Å²) < 4.78 is 33.0. The predicted molar refractivity (Wildman–Crippen MR) is 145 cm³/mol. The SMILES string of the molecule is NC(=O)c1cc(-c2ccc(C=O)s2)cc2c(C3CCN(S(=O)(=O)CCCN4CCOCC4)CC3)c[nH]c12. The highest BCUT2D eigenvalue weighted by molar-refractivity contribution is 7.89. The minimum absolute atomic E-state index is 0.164. The van der Waals surface area contributed by atoms with E-state index in [0.29, 0.717) is 61.5 Å². The standard InChI is InChI=1S/C26H32N4O5S2/c27-26(32)22-15-19(24-3-2-20(17-31)36-24)14-21-23(16-28-25(21)22)18-4-7-30(8-5-18)37(33,34)13-1-6-29-9-11-35-12-10-29/h2-3,14-18,28H,1,4-13H2,(H2,27,32). The number of carbonyl (C=O) groups excluding carboxylic acids is 2. The van der Waals surface area contributed by atoms with Crippen molar-refractivity contribution < 1.29 is 22.7 Å². The van der Waals surface area contributed by atoms with Gasteiger partial charge in [0.15, 0.2) is 6.29 Å². The van der Waals surface area contributed by atoms with Crippen molar-refractivity contribution in [3.8, 4) is 10.4 Å². The van der Waals surface area contributed by atoms with E-state index in [1.807, 2.05) is 18.3 Å². The summed E-state index contributed by atoms with van der Waals surface area (Å²) in [6.45, 7) is 4.88. The third kappa shape index (κ3) is 5.65. The highest BCUT2D eigenvalue weighted by atomic mass is 32.2. The fraction of sp³-hybridized carbons (Fsp3) is 0.462. The summed E-state index contributed by atoms with van der Waals surface area (Å²) in [5.74, 6) is -0.194. The van der Waals surface area contributed by atoms with Crippen molar-refractivity contribution in [1.29, 1.82) is 0 Å². The quantitative estimate of drug-likeness (QED) is 0.399. The van der Waals surface area contributed by atoms with Gasteiger partial charge in [-0.3, -0.25) is 14.5 Å². The molecule has 2 aliphatic heterocycles. The van der Waals surface area contributed by atoms with Crippen molar-refractivity contribution in [1.82, 2.24) is 14.2 Å². The van der Waals surface area contributed by atoms with E-state index in [0.717, 1.165) is 47.3 Å². The van der Waals surface area contributed by atoms with Gasteiger partial charge in [-0.1, -0.05) is 0 Å². The molecule has 2 fully saturated rings. The molecule has 5 rings (SSSR count). The number of piperidine rings is 1. The van der Waals surface area contributed by atoms with Crippen LogP contribution in [-0.2, 0) is 14.8 Å². The smallest absolute Gasteiger partial charge is 0.250 e. The Bertz CT molecular complexity index is 1380. The van der Waals surface area contributed by atoms with E-state index < -0.39 is 15.9 Å². The third-order valence-electron chi connectivity index (χ3n) is 7.38. The van der Waals surface area contributed by atoms with Crippen LogP contribution in [-0.4, -0.2) is 86.5 Å². The van der Waals surface area contributed by atoms with Gasteiger partial charge in [0.25, 0.3) is 5.91 Å². The van der Waals surface area contributed by atoms with Crippen LogP contribution in [0.3, 0.4) is 0 Å². The van der Waals surface area contributed by atoms with Crippen LogP contribution in [0.2, 0.25) is 0 Å². The number of morpholine rings is 1. The van der Waals surface area contributed by atoms with Crippen molar-refractivity contribution in [2.24, 2.45) is 5.73 Å². The van der Waals surface area contributed by atoms with E-state index in [4.69, 9.17) is 10.5 Å². The largest absolute Gasteiger partial charge is 0.379 e. The number of fused-ring (bicyclic) bond motifs is 1. The molecule has 0 saturated carbocycles. The van der Waals surface area contributed by atoms with Crippen LogP contribution in [0, 0.1) is 0 Å². The predicted octanol–water partition coefficient (Wildman–Crippen LogP) is 3.04. The second-order valence-electron chi connectivity index (χ2n) is 9.67. The first kappa shape index (κ1) is 26.1. The number of sulfonamides is 1. The molecule has 1 amide bonds. The number of amides is 1. The van der Waals surface area contributed by atoms with E-state index in [2.05, 4.69) is 9.88 Å². The minimum atomic E-state index is -3.30. The van der Waals surface area contributed by atoms with E-state index in [9.17, 15) is 18.0 Å². The molecule has 37 heavy (non-hydrogen) atoms. The number of hydrogen-bond donors (Lipinski definition) is 2. The Balaban J connectivity index is 1.30. The van der Waals surface area contributed by atoms with E-state index in [-0.39, 0.29) is 11.7 Å². The Morgan fingerprint density at radius 1 is 1.16 bits per heavy atom. The highest BCUT2D eigenvalue weighted by Crippen LogP contribution is 2.38. The van der Waals surface area contributed by atoms with Gasteiger partial charge in [-0.15, -0.1) is 11.3 Å². The van der Waals surface area contributed by atoms with Crippen molar-refractivity contribution in [3.63, 3.8) is 0 Å². The molecule has 3 aromatic rings. The van der Waals surface area contributed by atoms with Crippen molar-refractivity contribution in [2.45, 2.75) is 25.2 Å². The molecule has 4 heterocycles.